The minimum atomic E-state index is -3.62. The lowest BCUT2D eigenvalue weighted by Crippen LogP contribution is -2.30. The number of hydrogen-bond acceptors (Lipinski definition) is 6. The Hall–Kier alpha value is -2.72. The minimum Gasteiger partial charge on any atom is -0.467 e. The molecular formula is C25H26ClN3O4S2. The van der Waals surface area contributed by atoms with Gasteiger partial charge in [0.15, 0.2) is 5.13 Å². The second-order valence-corrected chi connectivity index (χ2v) is 11.7. The molecule has 2 heterocycles. The molecule has 2 aromatic carbocycles. The molecule has 184 valence electrons. The molecule has 4 aromatic rings. The zero-order valence-corrected chi connectivity index (χ0v) is 22.1. The number of hydrogen-bond donors (Lipinski definition) is 0. The standard InChI is InChI=1S/C25H26ClN3O4S2/c1-4-5-12-28(3)35(31,32)21-10-8-18(9-11-21)24(30)29(16-20-7-6-13-33-20)25-27-23-17(2)14-19(26)15-22(23)34-25/h6-11,13-15H,4-5,12,16H2,1-3H3. The number of anilines is 1. The molecule has 7 nitrogen and oxygen atoms in total. The number of aromatic nitrogens is 1. The maximum atomic E-state index is 13.6. The Labute approximate surface area is 214 Å². The highest BCUT2D eigenvalue weighted by Crippen LogP contribution is 2.34. The topological polar surface area (TPSA) is 83.7 Å². The molecule has 0 bridgehead atoms. The van der Waals surface area contributed by atoms with Gasteiger partial charge in [0, 0.05) is 24.2 Å². The first-order chi connectivity index (χ1) is 16.7. The molecular weight excluding hydrogens is 506 g/mol. The molecule has 0 aliphatic rings. The summed E-state index contributed by atoms with van der Waals surface area (Å²) in [5.41, 5.74) is 2.05. The molecule has 0 N–H and O–H groups in total. The zero-order valence-electron chi connectivity index (χ0n) is 19.7. The SMILES string of the molecule is CCCCN(C)S(=O)(=O)c1ccc(C(=O)N(Cc2ccco2)c2nc3c(C)cc(Cl)cc3s2)cc1. The summed E-state index contributed by atoms with van der Waals surface area (Å²) in [7, 11) is -2.06. The lowest BCUT2D eigenvalue weighted by Gasteiger charge is -2.20. The summed E-state index contributed by atoms with van der Waals surface area (Å²) in [5, 5.41) is 1.11. The molecule has 0 fully saturated rings. The van der Waals surface area contributed by atoms with E-state index in [9.17, 15) is 13.2 Å². The number of carbonyl (C=O) groups excluding carboxylic acids is 1. The van der Waals surface area contributed by atoms with Crippen LogP contribution in [0.5, 0.6) is 0 Å². The smallest absolute Gasteiger partial charge is 0.260 e. The minimum absolute atomic E-state index is 0.149. The third-order valence-corrected chi connectivity index (χ3v) is 8.76. The fourth-order valence-electron chi connectivity index (χ4n) is 3.65. The van der Waals surface area contributed by atoms with E-state index in [2.05, 4.69) is 0 Å². The summed E-state index contributed by atoms with van der Waals surface area (Å²) in [6.45, 7) is 4.56. The summed E-state index contributed by atoms with van der Waals surface area (Å²) in [4.78, 5) is 20.0. The van der Waals surface area contributed by atoms with Crippen molar-refractivity contribution >= 4 is 54.2 Å². The first-order valence-electron chi connectivity index (χ1n) is 11.2. The number of unbranched alkanes of at least 4 members (excludes halogenated alkanes) is 1. The Bertz CT molecular complexity index is 1430. The van der Waals surface area contributed by atoms with Gasteiger partial charge in [-0.05, 0) is 67.4 Å². The predicted molar refractivity (Wildman–Crippen MR) is 140 cm³/mol. The number of thiazole rings is 1. The van der Waals surface area contributed by atoms with Gasteiger partial charge in [-0.25, -0.2) is 17.7 Å². The largest absolute Gasteiger partial charge is 0.467 e. The van der Waals surface area contributed by atoms with Crippen LogP contribution in [0, 0.1) is 6.92 Å². The van der Waals surface area contributed by atoms with Gasteiger partial charge >= 0.3 is 0 Å². The lowest BCUT2D eigenvalue weighted by molar-refractivity contribution is 0.0983. The molecule has 35 heavy (non-hydrogen) atoms. The number of halogens is 1. The van der Waals surface area contributed by atoms with Gasteiger partial charge in [0.25, 0.3) is 5.91 Å². The van der Waals surface area contributed by atoms with E-state index >= 15 is 0 Å². The number of amides is 1. The Morgan fingerprint density at radius 2 is 1.91 bits per heavy atom. The van der Waals surface area contributed by atoms with Crippen LogP contribution in [0.1, 0.15) is 41.4 Å². The molecule has 0 spiro atoms. The summed E-state index contributed by atoms with van der Waals surface area (Å²) in [6, 6.07) is 13.2. The Balaban J connectivity index is 1.67. The van der Waals surface area contributed by atoms with Crippen molar-refractivity contribution < 1.29 is 17.6 Å². The number of furan rings is 1. The summed E-state index contributed by atoms with van der Waals surface area (Å²) < 4.78 is 33.4. The number of benzene rings is 2. The lowest BCUT2D eigenvalue weighted by atomic mass is 10.2. The quantitative estimate of drug-likeness (QED) is 0.260. The van der Waals surface area contributed by atoms with Gasteiger partial charge in [0.2, 0.25) is 10.0 Å². The van der Waals surface area contributed by atoms with Gasteiger partial charge in [-0.15, -0.1) is 0 Å². The second kappa shape index (κ2) is 10.5. The van der Waals surface area contributed by atoms with Crippen molar-refractivity contribution in [1.29, 1.82) is 0 Å². The van der Waals surface area contributed by atoms with Crippen LogP contribution in [0.4, 0.5) is 5.13 Å². The van der Waals surface area contributed by atoms with Crippen LogP contribution in [-0.2, 0) is 16.6 Å². The van der Waals surface area contributed by atoms with Crippen molar-refractivity contribution in [1.82, 2.24) is 9.29 Å². The molecule has 0 radical (unpaired) electrons. The van der Waals surface area contributed by atoms with Crippen molar-refractivity contribution in [2.24, 2.45) is 0 Å². The van der Waals surface area contributed by atoms with Crippen LogP contribution < -0.4 is 4.90 Å². The van der Waals surface area contributed by atoms with E-state index in [1.807, 2.05) is 26.0 Å². The summed E-state index contributed by atoms with van der Waals surface area (Å²) in [5.74, 6) is 0.289. The van der Waals surface area contributed by atoms with E-state index in [1.165, 1.54) is 44.8 Å². The fraction of sp³-hybridized carbons (Fsp3) is 0.280. The maximum absolute atomic E-state index is 13.6. The van der Waals surface area contributed by atoms with Crippen molar-refractivity contribution in [2.75, 3.05) is 18.5 Å². The van der Waals surface area contributed by atoms with Crippen molar-refractivity contribution in [3.05, 3.63) is 76.7 Å². The zero-order chi connectivity index (χ0) is 25.2. The molecule has 0 saturated carbocycles. The summed E-state index contributed by atoms with van der Waals surface area (Å²) >= 11 is 7.58. The van der Waals surface area contributed by atoms with E-state index in [0.717, 1.165) is 28.6 Å². The molecule has 10 heteroatoms. The van der Waals surface area contributed by atoms with Crippen LogP contribution in [0.3, 0.4) is 0 Å². The average Bonchev–Trinajstić information content (AvgIpc) is 3.50. The monoisotopic (exact) mass is 531 g/mol. The normalized spacial score (nSPS) is 11.9. The molecule has 0 atom stereocenters. The van der Waals surface area contributed by atoms with Crippen LogP contribution in [0.2, 0.25) is 5.02 Å². The van der Waals surface area contributed by atoms with Gasteiger partial charge < -0.3 is 4.42 Å². The fourth-order valence-corrected chi connectivity index (χ4v) is 6.28. The second-order valence-electron chi connectivity index (χ2n) is 8.24. The van der Waals surface area contributed by atoms with Crippen molar-refractivity contribution in [3.8, 4) is 0 Å². The first-order valence-corrected chi connectivity index (χ1v) is 13.8. The van der Waals surface area contributed by atoms with Crippen LogP contribution in [0.25, 0.3) is 10.2 Å². The van der Waals surface area contributed by atoms with E-state index in [0.29, 0.717) is 28.0 Å². The highest BCUT2D eigenvalue weighted by Gasteiger charge is 2.25. The third-order valence-electron chi connectivity index (χ3n) is 5.65. The van der Waals surface area contributed by atoms with Gasteiger partial charge in [-0.2, -0.15) is 0 Å². The maximum Gasteiger partial charge on any atom is 0.260 e. The number of carbonyl (C=O) groups is 1. The molecule has 2 aromatic heterocycles. The Morgan fingerprint density at radius 3 is 2.57 bits per heavy atom. The van der Waals surface area contributed by atoms with Crippen LogP contribution >= 0.6 is 22.9 Å². The third kappa shape index (κ3) is 5.43. The molecule has 1 amide bonds. The average molecular weight is 532 g/mol. The molecule has 0 unspecified atom stereocenters. The van der Waals surface area contributed by atoms with Crippen molar-refractivity contribution in [2.45, 2.75) is 38.1 Å². The predicted octanol–water partition coefficient (Wildman–Crippen LogP) is 6.12. The number of rotatable bonds is 9. The first kappa shape index (κ1) is 25.4. The van der Waals surface area contributed by atoms with Crippen molar-refractivity contribution in [3.63, 3.8) is 0 Å². The Morgan fingerprint density at radius 1 is 1.17 bits per heavy atom. The summed E-state index contributed by atoms with van der Waals surface area (Å²) in [6.07, 6.45) is 3.23. The van der Waals surface area contributed by atoms with Crippen LogP contribution in [-0.4, -0.2) is 37.2 Å². The van der Waals surface area contributed by atoms with Gasteiger partial charge in [0.05, 0.1) is 27.9 Å². The molecule has 0 aliphatic carbocycles. The number of aryl methyl sites for hydroxylation is 1. The number of nitrogens with zero attached hydrogens (tertiary/aromatic N) is 3. The number of fused-ring (bicyclic) bond motifs is 1. The van der Waals surface area contributed by atoms with Gasteiger partial charge in [0.1, 0.15) is 5.76 Å². The number of sulfonamides is 1. The highest BCUT2D eigenvalue weighted by atomic mass is 35.5. The van der Waals surface area contributed by atoms with E-state index in [-0.39, 0.29) is 17.3 Å². The van der Waals surface area contributed by atoms with E-state index in [4.69, 9.17) is 21.0 Å². The molecule has 0 aliphatic heterocycles. The Kier molecular flexibility index (Phi) is 7.61. The highest BCUT2D eigenvalue weighted by molar-refractivity contribution is 7.89. The van der Waals surface area contributed by atoms with E-state index in [1.54, 1.807) is 25.4 Å². The molecule has 4 rings (SSSR count). The van der Waals surface area contributed by atoms with Gasteiger partial charge in [-0.3, -0.25) is 9.69 Å². The van der Waals surface area contributed by atoms with Crippen LogP contribution in [0.15, 0.2) is 64.1 Å². The van der Waals surface area contributed by atoms with Gasteiger partial charge in [-0.1, -0.05) is 36.3 Å². The molecule has 0 saturated heterocycles. The van der Waals surface area contributed by atoms with E-state index < -0.39 is 10.0 Å².